The molecular formula is C21H17N3O5. The van der Waals surface area contributed by atoms with E-state index in [4.69, 9.17) is 8.83 Å². The van der Waals surface area contributed by atoms with Crippen LogP contribution in [-0.2, 0) is 0 Å². The van der Waals surface area contributed by atoms with E-state index < -0.39 is 0 Å². The number of hydrogen-bond donors (Lipinski definition) is 0. The van der Waals surface area contributed by atoms with E-state index in [-0.39, 0.29) is 41.1 Å². The van der Waals surface area contributed by atoms with Gasteiger partial charge in [-0.1, -0.05) is 12.1 Å². The molecule has 3 aromatic rings. The van der Waals surface area contributed by atoms with Crippen LogP contribution in [0.5, 0.6) is 0 Å². The molecule has 0 aliphatic carbocycles. The first-order valence-corrected chi connectivity index (χ1v) is 9.30. The lowest BCUT2D eigenvalue weighted by atomic mass is 10.0. The summed E-state index contributed by atoms with van der Waals surface area (Å²) in [7, 11) is 0. The maximum absolute atomic E-state index is 13.1. The summed E-state index contributed by atoms with van der Waals surface area (Å²) in [6, 6.07) is 9.80. The number of ketones is 1. The zero-order valence-corrected chi connectivity index (χ0v) is 15.4. The quantitative estimate of drug-likeness (QED) is 0.633. The smallest absolute Gasteiger partial charge is 0.276 e. The molecule has 8 nitrogen and oxygen atoms in total. The van der Waals surface area contributed by atoms with Gasteiger partial charge in [0, 0.05) is 24.2 Å². The van der Waals surface area contributed by atoms with Gasteiger partial charge in [0.2, 0.25) is 5.78 Å². The molecule has 2 fully saturated rings. The maximum Gasteiger partial charge on any atom is 0.276 e. The highest BCUT2D eigenvalue weighted by Crippen LogP contribution is 2.33. The molecule has 146 valence electrons. The summed E-state index contributed by atoms with van der Waals surface area (Å²) < 4.78 is 10.1. The summed E-state index contributed by atoms with van der Waals surface area (Å²) in [4.78, 5) is 45.5. The van der Waals surface area contributed by atoms with Gasteiger partial charge in [-0.3, -0.25) is 14.4 Å². The third-order valence-electron chi connectivity index (χ3n) is 5.53. The number of nitrogens with zero attached hydrogens (tertiary/aromatic N) is 3. The molecule has 1 aromatic carbocycles. The summed E-state index contributed by atoms with van der Waals surface area (Å²) >= 11 is 0. The van der Waals surface area contributed by atoms with Crippen molar-refractivity contribution in [3.05, 3.63) is 77.9 Å². The summed E-state index contributed by atoms with van der Waals surface area (Å²) in [5.41, 5.74) is 1.13. The van der Waals surface area contributed by atoms with Crippen LogP contribution in [0.2, 0.25) is 0 Å². The van der Waals surface area contributed by atoms with Crippen molar-refractivity contribution < 1.29 is 23.2 Å². The van der Waals surface area contributed by atoms with Crippen molar-refractivity contribution in [2.75, 3.05) is 13.1 Å². The van der Waals surface area contributed by atoms with Crippen LogP contribution >= 0.6 is 0 Å². The van der Waals surface area contributed by atoms with Crippen LogP contribution in [-0.4, -0.2) is 57.6 Å². The van der Waals surface area contributed by atoms with Crippen LogP contribution in [0.15, 0.2) is 64.2 Å². The maximum atomic E-state index is 13.1. The van der Waals surface area contributed by atoms with Crippen LogP contribution in [0.25, 0.3) is 0 Å². The SMILES string of the molecule is O=C(c1cccc(C(=O)N2C[C@@H]3C[C@H]2CN3C(=O)c2cocn2)c1)c1ccco1. The molecule has 8 heteroatoms. The lowest BCUT2D eigenvalue weighted by Crippen LogP contribution is -2.50. The normalized spacial score (nSPS) is 20.3. The summed E-state index contributed by atoms with van der Waals surface area (Å²) in [6.07, 6.45) is 4.74. The van der Waals surface area contributed by atoms with Gasteiger partial charge in [0.1, 0.15) is 6.26 Å². The number of piperazine rings is 1. The average Bonchev–Trinajstić information content (AvgIpc) is 3.55. The number of likely N-dealkylation sites (tertiary alicyclic amines) is 2. The molecule has 0 N–H and O–H groups in total. The average molecular weight is 391 g/mol. The molecule has 0 saturated carbocycles. The molecule has 4 heterocycles. The van der Waals surface area contributed by atoms with E-state index in [0.717, 1.165) is 6.42 Å². The predicted molar refractivity (Wildman–Crippen MR) is 99.4 cm³/mol. The molecule has 5 rings (SSSR count). The highest BCUT2D eigenvalue weighted by molar-refractivity contribution is 6.08. The van der Waals surface area contributed by atoms with E-state index in [1.165, 1.54) is 18.9 Å². The number of fused-ring (bicyclic) bond motifs is 2. The Morgan fingerprint density at radius 3 is 2.38 bits per heavy atom. The lowest BCUT2D eigenvalue weighted by molar-refractivity contribution is 0.0523. The zero-order chi connectivity index (χ0) is 20.0. The van der Waals surface area contributed by atoms with Crippen LogP contribution in [0.3, 0.4) is 0 Å². The minimum absolute atomic E-state index is 0.0407. The van der Waals surface area contributed by atoms with E-state index >= 15 is 0 Å². The number of amides is 2. The number of oxazole rings is 1. The number of rotatable bonds is 4. The van der Waals surface area contributed by atoms with Gasteiger partial charge in [-0.15, -0.1) is 0 Å². The number of benzene rings is 1. The van der Waals surface area contributed by atoms with Gasteiger partial charge in [0.15, 0.2) is 17.8 Å². The van der Waals surface area contributed by atoms with Crippen molar-refractivity contribution in [2.24, 2.45) is 0 Å². The fourth-order valence-corrected chi connectivity index (χ4v) is 4.14. The molecular weight excluding hydrogens is 374 g/mol. The largest absolute Gasteiger partial charge is 0.461 e. The van der Waals surface area contributed by atoms with Crippen molar-refractivity contribution in [1.82, 2.24) is 14.8 Å². The Hall–Kier alpha value is -3.68. The van der Waals surface area contributed by atoms with Crippen molar-refractivity contribution in [3.63, 3.8) is 0 Å². The second kappa shape index (κ2) is 6.73. The van der Waals surface area contributed by atoms with Gasteiger partial charge in [-0.2, -0.15) is 0 Å². The first-order chi connectivity index (χ1) is 14.1. The molecule has 2 atom stereocenters. The number of furan rings is 1. The summed E-state index contributed by atoms with van der Waals surface area (Å²) in [5, 5.41) is 0. The number of carbonyl (C=O) groups is 3. The third kappa shape index (κ3) is 2.93. The molecule has 2 aromatic heterocycles. The van der Waals surface area contributed by atoms with E-state index in [1.807, 2.05) is 0 Å². The number of carbonyl (C=O) groups excluding carboxylic acids is 3. The molecule has 0 spiro atoms. The molecule has 2 bridgehead atoms. The number of hydrogen-bond acceptors (Lipinski definition) is 6. The highest BCUT2D eigenvalue weighted by atomic mass is 16.3. The third-order valence-corrected chi connectivity index (χ3v) is 5.53. The first kappa shape index (κ1) is 17.4. The standard InChI is InChI=1S/C21H17N3O5/c25-19(18-5-2-6-29-18)13-3-1-4-14(7-13)20(26)23-9-16-8-15(23)10-24(16)21(27)17-11-28-12-22-17/h1-7,11-12,15-16H,8-10H2/t15-,16-/m0/s1. The number of aromatic nitrogens is 1. The molecule has 2 saturated heterocycles. The van der Waals surface area contributed by atoms with Gasteiger partial charge in [0.05, 0.1) is 18.3 Å². The van der Waals surface area contributed by atoms with E-state index in [2.05, 4.69) is 4.98 Å². The van der Waals surface area contributed by atoms with Crippen LogP contribution in [0.1, 0.15) is 43.4 Å². The zero-order valence-electron chi connectivity index (χ0n) is 15.4. The van der Waals surface area contributed by atoms with Crippen molar-refractivity contribution >= 4 is 17.6 Å². The Balaban J connectivity index is 1.31. The molecule has 2 aliphatic heterocycles. The topological polar surface area (TPSA) is 96.9 Å². The second-order valence-electron chi connectivity index (χ2n) is 7.22. The van der Waals surface area contributed by atoms with E-state index in [0.29, 0.717) is 24.2 Å². The molecule has 2 amide bonds. The van der Waals surface area contributed by atoms with Crippen LogP contribution in [0.4, 0.5) is 0 Å². The first-order valence-electron chi connectivity index (χ1n) is 9.30. The Morgan fingerprint density at radius 1 is 0.966 bits per heavy atom. The molecule has 0 unspecified atom stereocenters. The van der Waals surface area contributed by atoms with Crippen LogP contribution < -0.4 is 0 Å². The van der Waals surface area contributed by atoms with Crippen molar-refractivity contribution in [3.8, 4) is 0 Å². The minimum atomic E-state index is -0.267. The summed E-state index contributed by atoms with van der Waals surface area (Å²) in [6.45, 7) is 0.927. The molecule has 0 radical (unpaired) electrons. The van der Waals surface area contributed by atoms with Gasteiger partial charge in [0.25, 0.3) is 11.8 Å². The van der Waals surface area contributed by atoms with E-state index in [1.54, 1.807) is 46.2 Å². The van der Waals surface area contributed by atoms with Crippen molar-refractivity contribution in [2.45, 2.75) is 18.5 Å². The summed E-state index contributed by atoms with van der Waals surface area (Å²) in [5.74, 6) is -0.349. The van der Waals surface area contributed by atoms with Gasteiger partial charge in [-0.05, 0) is 30.7 Å². The minimum Gasteiger partial charge on any atom is -0.461 e. The van der Waals surface area contributed by atoms with Gasteiger partial charge < -0.3 is 18.6 Å². The van der Waals surface area contributed by atoms with E-state index in [9.17, 15) is 14.4 Å². The highest BCUT2D eigenvalue weighted by Gasteiger charge is 2.47. The predicted octanol–water partition coefficient (Wildman–Crippen LogP) is 2.24. The Labute approximate surface area is 165 Å². The monoisotopic (exact) mass is 391 g/mol. The molecule has 2 aliphatic rings. The second-order valence-corrected chi connectivity index (χ2v) is 7.22. The van der Waals surface area contributed by atoms with Crippen LogP contribution in [0, 0.1) is 0 Å². The Kier molecular flexibility index (Phi) is 4.04. The van der Waals surface area contributed by atoms with Crippen molar-refractivity contribution in [1.29, 1.82) is 0 Å². The van der Waals surface area contributed by atoms with Gasteiger partial charge in [-0.25, -0.2) is 4.98 Å². The lowest BCUT2D eigenvalue weighted by Gasteiger charge is -2.34. The Morgan fingerprint density at radius 2 is 1.72 bits per heavy atom. The van der Waals surface area contributed by atoms with Gasteiger partial charge >= 0.3 is 0 Å². The Bertz CT molecular complexity index is 1070. The molecule has 29 heavy (non-hydrogen) atoms. The fraction of sp³-hybridized carbons (Fsp3) is 0.238. The fourth-order valence-electron chi connectivity index (χ4n) is 4.14.